The second-order valence-corrected chi connectivity index (χ2v) is 9.93. The van der Waals surface area contributed by atoms with Crippen molar-refractivity contribution < 1.29 is 17.6 Å². The van der Waals surface area contributed by atoms with Crippen LogP contribution in [-0.2, 0) is 29.4 Å². The number of hydrogen-bond acceptors (Lipinski definition) is 4. The molecule has 0 radical (unpaired) electrons. The molecule has 0 saturated heterocycles. The van der Waals surface area contributed by atoms with Crippen LogP contribution in [0.5, 0.6) is 0 Å². The summed E-state index contributed by atoms with van der Waals surface area (Å²) in [5.41, 5.74) is 2.91. The number of hydrogen-bond donors (Lipinski definition) is 1. The lowest BCUT2D eigenvalue weighted by Crippen LogP contribution is -2.37. The third kappa shape index (κ3) is 4.30. The molecule has 1 aromatic heterocycles. The van der Waals surface area contributed by atoms with Crippen LogP contribution >= 0.6 is 11.3 Å². The molecule has 4 rings (SSSR count). The summed E-state index contributed by atoms with van der Waals surface area (Å²) in [6.45, 7) is 0.974. The fourth-order valence-electron chi connectivity index (χ4n) is 3.57. The Kier molecular flexibility index (Phi) is 5.99. The van der Waals surface area contributed by atoms with Crippen molar-refractivity contribution in [2.45, 2.75) is 24.3 Å². The Morgan fingerprint density at radius 1 is 1.10 bits per heavy atom. The van der Waals surface area contributed by atoms with E-state index in [-0.39, 0.29) is 22.1 Å². The first kappa shape index (κ1) is 20.7. The largest absolute Gasteiger partial charge is 0.351 e. The maximum absolute atomic E-state index is 13.3. The van der Waals surface area contributed by atoms with Crippen molar-refractivity contribution >= 4 is 27.3 Å². The number of halogens is 1. The van der Waals surface area contributed by atoms with E-state index in [2.05, 4.69) is 5.32 Å². The lowest BCUT2D eigenvalue weighted by molar-refractivity contribution is 0.0955. The predicted molar refractivity (Wildman–Crippen MR) is 114 cm³/mol. The monoisotopic (exact) mass is 444 g/mol. The van der Waals surface area contributed by atoms with Gasteiger partial charge < -0.3 is 5.32 Å². The van der Waals surface area contributed by atoms with E-state index in [9.17, 15) is 17.6 Å². The number of nitrogens with zero attached hydrogens (tertiary/aromatic N) is 1. The molecule has 0 saturated carbocycles. The first-order valence-corrected chi connectivity index (χ1v) is 11.9. The molecule has 1 aliphatic heterocycles. The van der Waals surface area contributed by atoms with Crippen LogP contribution in [0.3, 0.4) is 0 Å². The smallest absolute Gasteiger partial charge is 0.262 e. The van der Waals surface area contributed by atoms with Crippen molar-refractivity contribution in [3.05, 3.63) is 87.4 Å². The van der Waals surface area contributed by atoms with E-state index in [4.69, 9.17) is 0 Å². The zero-order chi connectivity index (χ0) is 21.1. The number of benzene rings is 2. The molecular weight excluding hydrogens is 423 g/mol. The minimum absolute atomic E-state index is 0.0372. The average Bonchev–Trinajstić information content (AvgIpc) is 3.24. The van der Waals surface area contributed by atoms with Crippen LogP contribution < -0.4 is 5.32 Å². The summed E-state index contributed by atoms with van der Waals surface area (Å²) in [5.74, 6) is -0.758. The lowest BCUT2D eigenvalue weighted by atomic mass is 10.0. The van der Waals surface area contributed by atoms with Crippen LogP contribution in [0.1, 0.15) is 26.4 Å². The van der Waals surface area contributed by atoms with Crippen LogP contribution in [0.15, 0.2) is 64.9 Å². The summed E-state index contributed by atoms with van der Waals surface area (Å²) < 4.78 is 41.2. The van der Waals surface area contributed by atoms with Crippen molar-refractivity contribution in [2.75, 3.05) is 13.1 Å². The highest BCUT2D eigenvalue weighted by molar-refractivity contribution is 7.89. The molecule has 5 nitrogen and oxygen atoms in total. The van der Waals surface area contributed by atoms with Gasteiger partial charge in [-0.1, -0.05) is 36.4 Å². The van der Waals surface area contributed by atoms with Crippen LogP contribution in [-0.4, -0.2) is 31.7 Å². The Bertz CT molecular complexity index is 1170. The van der Waals surface area contributed by atoms with Gasteiger partial charge in [0.15, 0.2) is 0 Å². The standard InChI is InChI=1S/C22H21FN2O3S2/c23-19-7-3-4-16(14-19)8-11-24-22(26)21-20(10-13-29-21)30(27,28)25-12-9-17-5-1-2-6-18(17)15-25/h1-7,10,13-14H,8-9,11-12,15H2,(H,24,26). The molecular formula is C22H21FN2O3S2. The molecule has 0 spiro atoms. The quantitative estimate of drug-likeness (QED) is 0.632. The van der Waals surface area contributed by atoms with Gasteiger partial charge in [0, 0.05) is 19.6 Å². The Balaban J connectivity index is 1.46. The average molecular weight is 445 g/mol. The van der Waals surface area contributed by atoms with Crippen LogP contribution in [0, 0.1) is 5.82 Å². The zero-order valence-corrected chi connectivity index (χ0v) is 17.8. The number of sulfonamides is 1. The molecule has 1 N–H and O–H groups in total. The number of amides is 1. The Labute approximate surface area is 179 Å². The molecule has 156 valence electrons. The van der Waals surface area contributed by atoms with E-state index in [0.29, 0.717) is 25.9 Å². The minimum atomic E-state index is -3.79. The van der Waals surface area contributed by atoms with Crippen molar-refractivity contribution in [3.8, 4) is 0 Å². The van der Waals surface area contributed by atoms with E-state index in [1.165, 1.54) is 22.5 Å². The maximum atomic E-state index is 13.3. The van der Waals surface area contributed by atoms with Gasteiger partial charge in [-0.05, 0) is 53.1 Å². The van der Waals surface area contributed by atoms with Crippen molar-refractivity contribution in [1.82, 2.24) is 9.62 Å². The third-order valence-corrected chi connectivity index (χ3v) is 8.07. The van der Waals surface area contributed by atoms with Crippen LogP contribution in [0.2, 0.25) is 0 Å². The first-order chi connectivity index (χ1) is 14.4. The van der Waals surface area contributed by atoms with Gasteiger partial charge in [0.1, 0.15) is 15.6 Å². The van der Waals surface area contributed by atoms with Gasteiger partial charge >= 0.3 is 0 Å². The molecule has 8 heteroatoms. The molecule has 1 amide bonds. The Morgan fingerprint density at radius 2 is 1.90 bits per heavy atom. The number of carbonyl (C=O) groups excluding carboxylic acids is 1. The normalized spacial score (nSPS) is 14.3. The van der Waals surface area contributed by atoms with Crippen molar-refractivity contribution in [2.24, 2.45) is 0 Å². The lowest BCUT2D eigenvalue weighted by Gasteiger charge is -2.28. The molecule has 2 heterocycles. The summed E-state index contributed by atoms with van der Waals surface area (Å²) >= 11 is 1.10. The maximum Gasteiger partial charge on any atom is 0.262 e. The molecule has 0 aliphatic carbocycles. The fourth-order valence-corrected chi connectivity index (χ4v) is 6.31. The number of fused-ring (bicyclic) bond motifs is 1. The summed E-state index contributed by atoms with van der Waals surface area (Å²) in [7, 11) is -3.79. The van der Waals surface area contributed by atoms with E-state index in [1.807, 2.05) is 24.3 Å². The van der Waals surface area contributed by atoms with Gasteiger partial charge in [-0.25, -0.2) is 12.8 Å². The van der Waals surface area contributed by atoms with Crippen molar-refractivity contribution in [1.29, 1.82) is 0 Å². The van der Waals surface area contributed by atoms with Gasteiger partial charge in [0.2, 0.25) is 10.0 Å². The summed E-state index contributed by atoms with van der Waals surface area (Å²) in [4.78, 5) is 12.9. The highest BCUT2D eigenvalue weighted by Crippen LogP contribution is 2.29. The number of rotatable bonds is 6. The molecule has 3 aromatic rings. The highest BCUT2D eigenvalue weighted by atomic mass is 32.2. The van der Waals surface area contributed by atoms with Crippen LogP contribution in [0.4, 0.5) is 4.39 Å². The molecule has 0 bridgehead atoms. The SMILES string of the molecule is O=C(NCCc1cccc(F)c1)c1sccc1S(=O)(=O)N1CCc2ccccc2C1. The number of thiophene rings is 1. The Morgan fingerprint density at radius 3 is 2.70 bits per heavy atom. The first-order valence-electron chi connectivity index (χ1n) is 9.62. The number of nitrogens with one attached hydrogen (secondary N) is 1. The second kappa shape index (κ2) is 8.67. The summed E-state index contributed by atoms with van der Waals surface area (Å²) in [5, 5.41) is 4.37. The van der Waals surface area contributed by atoms with E-state index in [0.717, 1.165) is 28.0 Å². The fraction of sp³-hybridized carbons (Fsp3) is 0.227. The van der Waals surface area contributed by atoms with Crippen molar-refractivity contribution in [3.63, 3.8) is 0 Å². The molecule has 2 aromatic carbocycles. The molecule has 1 aliphatic rings. The molecule has 30 heavy (non-hydrogen) atoms. The molecule has 0 unspecified atom stereocenters. The van der Waals surface area contributed by atoms with Gasteiger partial charge in [-0.3, -0.25) is 4.79 Å². The third-order valence-electron chi connectivity index (χ3n) is 5.14. The van der Waals surface area contributed by atoms with Gasteiger partial charge in [-0.2, -0.15) is 4.31 Å². The molecule has 0 fully saturated rings. The summed E-state index contributed by atoms with van der Waals surface area (Å²) in [6, 6.07) is 15.5. The van der Waals surface area contributed by atoms with Crippen LogP contribution in [0.25, 0.3) is 0 Å². The predicted octanol–water partition coefficient (Wildman–Crippen LogP) is 3.61. The minimum Gasteiger partial charge on any atom is -0.351 e. The van der Waals surface area contributed by atoms with E-state index >= 15 is 0 Å². The zero-order valence-electron chi connectivity index (χ0n) is 16.2. The topological polar surface area (TPSA) is 66.5 Å². The second-order valence-electron chi connectivity index (χ2n) is 7.11. The molecule has 0 atom stereocenters. The van der Waals surface area contributed by atoms with Gasteiger partial charge in [0.25, 0.3) is 5.91 Å². The van der Waals surface area contributed by atoms with Gasteiger partial charge in [0.05, 0.1) is 0 Å². The Hall–Kier alpha value is -2.55. The summed E-state index contributed by atoms with van der Waals surface area (Å²) in [6.07, 6.45) is 1.11. The number of carbonyl (C=O) groups is 1. The van der Waals surface area contributed by atoms with E-state index < -0.39 is 15.9 Å². The van der Waals surface area contributed by atoms with E-state index in [1.54, 1.807) is 17.5 Å². The van der Waals surface area contributed by atoms with Gasteiger partial charge in [-0.15, -0.1) is 11.3 Å². The highest BCUT2D eigenvalue weighted by Gasteiger charge is 2.32.